The first-order chi connectivity index (χ1) is 9.22. The highest BCUT2D eigenvalue weighted by Crippen LogP contribution is 2.31. The van der Waals surface area contributed by atoms with Crippen LogP contribution in [-0.4, -0.2) is 6.54 Å². The number of hydrogen-bond acceptors (Lipinski definition) is 2. The molecule has 0 fully saturated rings. The van der Waals surface area contributed by atoms with Crippen LogP contribution in [0.3, 0.4) is 0 Å². The molecule has 0 spiro atoms. The molecule has 0 aliphatic rings. The van der Waals surface area contributed by atoms with Gasteiger partial charge in [-0.05, 0) is 42.1 Å². The van der Waals surface area contributed by atoms with Crippen LogP contribution in [0.1, 0.15) is 30.9 Å². The van der Waals surface area contributed by atoms with Crippen molar-refractivity contribution in [3.05, 3.63) is 59.7 Å². The van der Waals surface area contributed by atoms with Crippen LogP contribution in [0.2, 0.25) is 0 Å². The van der Waals surface area contributed by atoms with E-state index in [9.17, 15) is 0 Å². The lowest BCUT2D eigenvalue weighted by Gasteiger charge is -2.15. The smallest absolute Gasteiger partial charge is 0.130 e. The molecule has 2 N–H and O–H groups in total. The molecule has 0 aliphatic carbocycles. The summed E-state index contributed by atoms with van der Waals surface area (Å²) in [5.74, 6) is 2.28. The van der Waals surface area contributed by atoms with Gasteiger partial charge in [-0.3, -0.25) is 0 Å². The Bertz CT molecular complexity index is 534. The van der Waals surface area contributed by atoms with Crippen molar-refractivity contribution in [1.82, 2.24) is 0 Å². The van der Waals surface area contributed by atoms with Gasteiger partial charge >= 0.3 is 0 Å². The van der Waals surface area contributed by atoms with E-state index in [0.717, 1.165) is 23.5 Å². The Morgan fingerprint density at radius 1 is 0.947 bits per heavy atom. The van der Waals surface area contributed by atoms with Gasteiger partial charge in [0.25, 0.3) is 0 Å². The highest BCUT2D eigenvalue weighted by molar-refractivity contribution is 5.42. The zero-order chi connectivity index (χ0) is 13.7. The molecule has 2 nitrogen and oxygen atoms in total. The summed E-state index contributed by atoms with van der Waals surface area (Å²) in [5, 5.41) is 0. The van der Waals surface area contributed by atoms with Crippen LogP contribution in [0.25, 0.3) is 0 Å². The molecule has 0 aromatic heterocycles. The standard InChI is InChI=1S/C17H21NO/c1-13(2)15-8-4-6-10-17(15)19-16-9-5-3-7-14(16)11-12-18/h3-10,13H,11-12,18H2,1-2H3. The largest absolute Gasteiger partial charge is 0.457 e. The average molecular weight is 255 g/mol. The lowest BCUT2D eigenvalue weighted by Crippen LogP contribution is -2.04. The Labute approximate surface area is 115 Å². The van der Waals surface area contributed by atoms with E-state index in [2.05, 4.69) is 26.0 Å². The molecular formula is C17H21NO. The van der Waals surface area contributed by atoms with E-state index in [1.807, 2.05) is 36.4 Å². The molecule has 0 atom stereocenters. The minimum Gasteiger partial charge on any atom is -0.457 e. The van der Waals surface area contributed by atoms with Crippen molar-refractivity contribution in [2.45, 2.75) is 26.2 Å². The van der Waals surface area contributed by atoms with Crippen molar-refractivity contribution < 1.29 is 4.74 Å². The molecule has 2 aromatic carbocycles. The van der Waals surface area contributed by atoms with E-state index < -0.39 is 0 Å². The number of hydrogen-bond donors (Lipinski definition) is 1. The predicted molar refractivity (Wildman–Crippen MR) is 79.8 cm³/mol. The summed E-state index contributed by atoms with van der Waals surface area (Å²) in [4.78, 5) is 0. The maximum absolute atomic E-state index is 6.10. The Hall–Kier alpha value is -1.80. The van der Waals surface area contributed by atoms with Crippen molar-refractivity contribution in [3.8, 4) is 11.5 Å². The van der Waals surface area contributed by atoms with Crippen LogP contribution in [-0.2, 0) is 6.42 Å². The highest BCUT2D eigenvalue weighted by Gasteiger charge is 2.09. The second kappa shape index (κ2) is 6.39. The van der Waals surface area contributed by atoms with Gasteiger partial charge in [-0.15, -0.1) is 0 Å². The lowest BCUT2D eigenvalue weighted by molar-refractivity contribution is 0.467. The number of nitrogens with two attached hydrogens (primary N) is 1. The second-order valence-corrected chi connectivity index (χ2v) is 4.94. The first-order valence-corrected chi connectivity index (χ1v) is 6.77. The fourth-order valence-corrected chi connectivity index (χ4v) is 2.13. The quantitative estimate of drug-likeness (QED) is 0.872. The van der Waals surface area contributed by atoms with Crippen LogP contribution < -0.4 is 10.5 Å². The molecule has 0 saturated heterocycles. The molecule has 100 valence electrons. The monoisotopic (exact) mass is 255 g/mol. The minimum absolute atomic E-state index is 0.442. The third kappa shape index (κ3) is 3.36. The van der Waals surface area contributed by atoms with E-state index in [1.165, 1.54) is 5.56 Å². The third-order valence-electron chi connectivity index (χ3n) is 3.15. The molecule has 19 heavy (non-hydrogen) atoms. The van der Waals surface area contributed by atoms with Gasteiger partial charge in [-0.1, -0.05) is 50.2 Å². The van der Waals surface area contributed by atoms with Crippen LogP contribution in [0, 0.1) is 0 Å². The van der Waals surface area contributed by atoms with E-state index in [4.69, 9.17) is 10.5 Å². The van der Waals surface area contributed by atoms with Crippen molar-refractivity contribution >= 4 is 0 Å². The molecule has 0 bridgehead atoms. The summed E-state index contributed by atoms with van der Waals surface area (Å²) >= 11 is 0. The minimum atomic E-state index is 0.442. The molecule has 2 aromatic rings. The van der Waals surface area contributed by atoms with Gasteiger partial charge in [0, 0.05) is 0 Å². The Balaban J connectivity index is 2.31. The van der Waals surface area contributed by atoms with Gasteiger partial charge in [-0.2, -0.15) is 0 Å². The van der Waals surface area contributed by atoms with Gasteiger partial charge in [-0.25, -0.2) is 0 Å². The fraction of sp³-hybridized carbons (Fsp3) is 0.294. The lowest BCUT2D eigenvalue weighted by atomic mass is 10.0. The van der Waals surface area contributed by atoms with Gasteiger partial charge in [0.2, 0.25) is 0 Å². The van der Waals surface area contributed by atoms with Gasteiger partial charge in [0.05, 0.1) is 0 Å². The molecule has 0 amide bonds. The van der Waals surface area contributed by atoms with Crippen LogP contribution in [0.5, 0.6) is 11.5 Å². The zero-order valence-electron chi connectivity index (χ0n) is 11.6. The Morgan fingerprint density at radius 2 is 1.58 bits per heavy atom. The van der Waals surface area contributed by atoms with Crippen molar-refractivity contribution in [2.75, 3.05) is 6.54 Å². The van der Waals surface area contributed by atoms with E-state index in [1.54, 1.807) is 0 Å². The molecule has 0 aliphatic heterocycles. The molecule has 0 radical (unpaired) electrons. The average Bonchev–Trinajstić information content (AvgIpc) is 2.42. The predicted octanol–water partition coefficient (Wildman–Crippen LogP) is 4.10. The number of rotatable bonds is 5. The Morgan fingerprint density at radius 3 is 2.26 bits per heavy atom. The van der Waals surface area contributed by atoms with E-state index >= 15 is 0 Å². The molecule has 0 saturated carbocycles. The van der Waals surface area contributed by atoms with Gasteiger partial charge in [0.15, 0.2) is 0 Å². The van der Waals surface area contributed by atoms with E-state index in [0.29, 0.717) is 12.5 Å². The zero-order valence-corrected chi connectivity index (χ0v) is 11.6. The number of benzene rings is 2. The summed E-state index contributed by atoms with van der Waals surface area (Å²) < 4.78 is 6.10. The summed E-state index contributed by atoms with van der Waals surface area (Å²) in [6.45, 7) is 4.98. The first kappa shape index (κ1) is 13.6. The number of para-hydroxylation sites is 2. The summed E-state index contributed by atoms with van der Waals surface area (Å²) in [5.41, 5.74) is 8.03. The molecular weight excluding hydrogens is 234 g/mol. The summed E-state index contributed by atoms with van der Waals surface area (Å²) in [6.07, 6.45) is 0.833. The SMILES string of the molecule is CC(C)c1ccccc1Oc1ccccc1CCN. The third-order valence-corrected chi connectivity index (χ3v) is 3.15. The van der Waals surface area contributed by atoms with Crippen LogP contribution in [0.4, 0.5) is 0 Å². The topological polar surface area (TPSA) is 35.2 Å². The molecule has 0 heterocycles. The Kier molecular flexibility index (Phi) is 4.58. The normalized spacial score (nSPS) is 10.7. The summed E-state index contributed by atoms with van der Waals surface area (Å²) in [6, 6.07) is 16.3. The van der Waals surface area contributed by atoms with Crippen LogP contribution in [0.15, 0.2) is 48.5 Å². The maximum Gasteiger partial charge on any atom is 0.130 e. The van der Waals surface area contributed by atoms with Crippen LogP contribution >= 0.6 is 0 Å². The van der Waals surface area contributed by atoms with Crippen molar-refractivity contribution in [3.63, 3.8) is 0 Å². The molecule has 2 rings (SSSR count). The van der Waals surface area contributed by atoms with E-state index in [-0.39, 0.29) is 0 Å². The molecule has 0 unspecified atom stereocenters. The van der Waals surface area contributed by atoms with Crippen molar-refractivity contribution in [2.24, 2.45) is 5.73 Å². The highest BCUT2D eigenvalue weighted by atomic mass is 16.5. The summed E-state index contributed by atoms with van der Waals surface area (Å²) in [7, 11) is 0. The second-order valence-electron chi connectivity index (χ2n) is 4.94. The van der Waals surface area contributed by atoms with Gasteiger partial charge in [0.1, 0.15) is 11.5 Å². The molecule has 2 heteroatoms. The van der Waals surface area contributed by atoms with Gasteiger partial charge < -0.3 is 10.5 Å². The number of ether oxygens (including phenoxy) is 1. The fourth-order valence-electron chi connectivity index (χ4n) is 2.13. The first-order valence-electron chi connectivity index (χ1n) is 6.77. The maximum atomic E-state index is 6.10. The van der Waals surface area contributed by atoms with Crippen molar-refractivity contribution in [1.29, 1.82) is 0 Å².